The van der Waals surface area contributed by atoms with E-state index in [0.717, 1.165) is 31.6 Å². The van der Waals surface area contributed by atoms with Gasteiger partial charge in [-0.1, -0.05) is 19.3 Å². The standard InChI is InChI=1S/C14H22N4OS/c1-9(13(19)16-10-5-3-2-4-6-10)18-7-11-12(8-18)20-14(15)17-11/h9-10H,2-8H2,1H3,(H2,15,17)(H,16,19). The van der Waals surface area contributed by atoms with Crippen LogP contribution in [0.4, 0.5) is 5.13 Å². The second-order valence-corrected chi connectivity index (χ2v) is 6.96. The van der Waals surface area contributed by atoms with Crippen LogP contribution in [0.5, 0.6) is 0 Å². The highest BCUT2D eigenvalue weighted by Gasteiger charge is 2.31. The summed E-state index contributed by atoms with van der Waals surface area (Å²) >= 11 is 1.54. The molecule has 0 aromatic carbocycles. The number of rotatable bonds is 3. The maximum atomic E-state index is 12.3. The maximum absolute atomic E-state index is 12.3. The fourth-order valence-corrected chi connectivity index (χ4v) is 3.96. The van der Waals surface area contributed by atoms with Crippen molar-refractivity contribution >= 4 is 22.4 Å². The Kier molecular flexibility index (Phi) is 3.94. The number of nitrogens with two attached hydrogens (primary N) is 1. The molecule has 1 atom stereocenters. The van der Waals surface area contributed by atoms with Crippen LogP contribution in [0.3, 0.4) is 0 Å². The number of hydrogen-bond acceptors (Lipinski definition) is 5. The van der Waals surface area contributed by atoms with Gasteiger partial charge in [0.2, 0.25) is 5.91 Å². The minimum atomic E-state index is -0.0976. The summed E-state index contributed by atoms with van der Waals surface area (Å²) in [5, 5.41) is 3.84. The Morgan fingerprint density at radius 3 is 2.85 bits per heavy atom. The molecule has 1 saturated carbocycles. The monoisotopic (exact) mass is 294 g/mol. The first-order valence-electron chi connectivity index (χ1n) is 7.42. The number of nitrogens with zero attached hydrogens (tertiary/aromatic N) is 2. The van der Waals surface area contributed by atoms with Gasteiger partial charge in [-0.3, -0.25) is 9.69 Å². The van der Waals surface area contributed by atoms with Crippen molar-refractivity contribution < 1.29 is 4.79 Å². The minimum absolute atomic E-state index is 0.0976. The Hall–Kier alpha value is -1.14. The van der Waals surface area contributed by atoms with Crippen LogP contribution in [-0.4, -0.2) is 27.9 Å². The lowest BCUT2D eigenvalue weighted by Crippen LogP contribution is -2.47. The Labute approximate surface area is 123 Å². The zero-order chi connectivity index (χ0) is 14.1. The summed E-state index contributed by atoms with van der Waals surface area (Å²) in [5.74, 6) is 0.153. The van der Waals surface area contributed by atoms with Crippen molar-refractivity contribution in [1.29, 1.82) is 0 Å². The normalized spacial score (nSPS) is 21.6. The van der Waals surface area contributed by atoms with Crippen LogP contribution in [0.25, 0.3) is 0 Å². The van der Waals surface area contributed by atoms with Gasteiger partial charge in [-0.2, -0.15) is 0 Å². The van der Waals surface area contributed by atoms with Gasteiger partial charge in [0.25, 0.3) is 0 Å². The van der Waals surface area contributed by atoms with Crippen molar-refractivity contribution in [3.8, 4) is 0 Å². The third kappa shape index (κ3) is 2.81. The lowest BCUT2D eigenvalue weighted by molar-refractivity contribution is -0.127. The summed E-state index contributed by atoms with van der Waals surface area (Å²) in [6.45, 7) is 3.52. The highest BCUT2D eigenvalue weighted by atomic mass is 32.1. The average Bonchev–Trinajstić information content (AvgIpc) is 2.96. The van der Waals surface area contributed by atoms with E-state index >= 15 is 0 Å². The van der Waals surface area contributed by atoms with Crippen LogP contribution in [0.2, 0.25) is 0 Å². The predicted octanol–water partition coefficient (Wildman–Crippen LogP) is 1.88. The van der Waals surface area contributed by atoms with E-state index in [9.17, 15) is 4.79 Å². The van der Waals surface area contributed by atoms with Crippen LogP contribution in [-0.2, 0) is 17.9 Å². The molecule has 0 radical (unpaired) electrons. The van der Waals surface area contributed by atoms with Gasteiger partial charge in [-0.25, -0.2) is 4.98 Å². The van der Waals surface area contributed by atoms with Crippen LogP contribution in [0.1, 0.15) is 49.6 Å². The molecule has 6 heteroatoms. The van der Waals surface area contributed by atoms with Crippen molar-refractivity contribution in [2.75, 3.05) is 5.73 Å². The van der Waals surface area contributed by atoms with Crippen molar-refractivity contribution in [2.24, 2.45) is 0 Å². The fourth-order valence-electron chi connectivity index (χ4n) is 3.09. The molecule has 1 aliphatic heterocycles. The van der Waals surface area contributed by atoms with Gasteiger partial charge in [0, 0.05) is 24.0 Å². The van der Waals surface area contributed by atoms with Gasteiger partial charge in [0.05, 0.1) is 11.7 Å². The summed E-state index contributed by atoms with van der Waals surface area (Å²) in [5.41, 5.74) is 6.75. The lowest BCUT2D eigenvalue weighted by atomic mass is 9.95. The van der Waals surface area contributed by atoms with Gasteiger partial charge < -0.3 is 11.1 Å². The number of anilines is 1. The summed E-state index contributed by atoms with van der Waals surface area (Å²) in [6, 6.07) is 0.281. The molecule has 1 unspecified atom stereocenters. The Balaban J connectivity index is 1.55. The number of aromatic nitrogens is 1. The number of carbonyl (C=O) groups excluding carboxylic acids is 1. The molecular weight excluding hydrogens is 272 g/mol. The highest BCUT2D eigenvalue weighted by molar-refractivity contribution is 7.15. The molecule has 1 aliphatic carbocycles. The fraction of sp³-hybridized carbons (Fsp3) is 0.714. The zero-order valence-electron chi connectivity index (χ0n) is 11.9. The molecule has 0 saturated heterocycles. The van der Waals surface area contributed by atoms with E-state index in [0.29, 0.717) is 11.2 Å². The lowest BCUT2D eigenvalue weighted by Gasteiger charge is -2.28. The number of nitrogen functional groups attached to an aromatic ring is 1. The third-order valence-electron chi connectivity index (χ3n) is 4.37. The molecule has 1 aromatic rings. The number of carbonyl (C=O) groups is 1. The number of hydrogen-bond donors (Lipinski definition) is 2. The number of fused-ring (bicyclic) bond motifs is 1. The van der Waals surface area contributed by atoms with Crippen LogP contribution in [0, 0.1) is 0 Å². The molecule has 110 valence electrons. The second-order valence-electron chi connectivity index (χ2n) is 5.85. The molecule has 1 fully saturated rings. The van der Waals surface area contributed by atoms with Gasteiger partial charge in [0.1, 0.15) is 0 Å². The first-order valence-corrected chi connectivity index (χ1v) is 8.23. The topological polar surface area (TPSA) is 71.2 Å². The van der Waals surface area contributed by atoms with Gasteiger partial charge >= 0.3 is 0 Å². The van der Waals surface area contributed by atoms with Gasteiger partial charge in [0.15, 0.2) is 5.13 Å². The molecule has 20 heavy (non-hydrogen) atoms. The molecule has 3 N–H and O–H groups in total. The van der Waals surface area contributed by atoms with E-state index in [4.69, 9.17) is 5.73 Å². The Morgan fingerprint density at radius 2 is 2.15 bits per heavy atom. The number of thiazole rings is 1. The zero-order valence-corrected chi connectivity index (χ0v) is 12.7. The number of nitrogens with one attached hydrogen (secondary N) is 1. The molecule has 1 amide bonds. The van der Waals surface area contributed by atoms with E-state index < -0.39 is 0 Å². The first-order chi connectivity index (χ1) is 9.63. The van der Waals surface area contributed by atoms with E-state index in [1.54, 1.807) is 0 Å². The van der Waals surface area contributed by atoms with E-state index in [1.807, 2.05) is 6.92 Å². The smallest absolute Gasteiger partial charge is 0.237 e. The van der Waals surface area contributed by atoms with E-state index in [-0.39, 0.29) is 11.9 Å². The summed E-state index contributed by atoms with van der Waals surface area (Å²) in [4.78, 5) is 20.0. The number of amides is 1. The highest BCUT2D eigenvalue weighted by Crippen LogP contribution is 2.30. The summed E-state index contributed by atoms with van der Waals surface area (Å²) in [7, 11) is 0. The molecule has 2 heterocycles. The minimum Gasteiger partial charge on any atom is -0.375 e. The molecule has 0 bridgehead atoms. The second kappa shape index (κ2) is 5.69. The Bertz CT molecular complexity index is 472. The SMILES string of the molecule is CC(C(=O)NC1CCCCC1)N1Cc2nc(N)sc2C1. The van der Waals surface area contributed by atoms with E-state index in [1.165, 1.54) is 35.5 Å². The average molecular weight is 294 g/mol. The quantitative estimate of drug-likeness (QED) is 0.893. The van der Waals surface area contributed by atoms with E-state index in [2.05, 4.69) is 15.2 Å². The van der Waals surface area contributed by atoms with Crippen LogP contribution in [0.15, 0.2) is 0 Å². The molecular formula is C14H22N4OS. The summed E-state index contributed by atoms with van der Waals surface area (Å²) < 4.78 is 0. The van der Waals surface area contributed by atoms with Crippen molar-refractivity contribution in [2.45, 2.75) is 64.2 Å². The predicted molar refractivity (Wildman–Crippen MR) is 80.3 cm³/mol. The molecule has 3 rings (SSSR count). The largest absolute Gasteiger partial charge is 0.375 e. The molecule has 0 spiro atoms. The van der Waals surface area contributed by atoms with Crippen molar-refractivity contribution in [3.05, 3.63) is 10.6 Å². The molecule has 5 nitrogen and oxygen atoms in total. The van der Waals surface area contributed by atoms with Gasteiger partial charge in [-0.15, -0.1) is 11.3 Å². The van der Waals surface area contributed by atoms with Crippen molar-refractivity contribution in [3.63, 3.8) is 0 Å². The maximum Gasteiger partial charge on any atom is 0.237 e. The first kappa shape index (κ1) is 13.8. The summed E-state index contributed by atoms with van der Waals surface area (Å²) in [6.07, 6.45) is 6.04. The molecule has 2 aliphatic rings. The Morgan fingerprint density at radius 1 is 1.40 bits per heavy atom. The molecule has 1 aromatic heterocycles. The third-order valence-corrected chi connectivity index (χ3v) is 5.28. The van der Waals surface area contributed by atoms with Gasteiger partial charge in [-0.05, 0) is 19.8 Å². The van der Waals surface area contributed by atoms with Crippen LogP contribution >= 0.6 is 11.3 Å². The van der Waals surface area contributed by atoms with Crippen molar-refractivity contribution in [1.82, 2.24) is 15.2 Å². The van der Waals surface area contributed by atoms with Crippen LogP contribution < -0.4 is 11.1 Å².